The minimum absolute atomic E-state index is 0.490. The molecule has 3 rings (SSSR count). The summed E-state index contributed by atoms with van der Waals surface area (Å²) in [7, 11) is 4.25. The van der Waals surface area contributed by atoms with E-state index in [1.54, 1.807) is 0 Å². The van der Waals surface area contributed by atoms with Gasteiger partial charge < -0.3 is 14.7 Å². The van der Waals surface area contributed by atoms with Crippen molar-refractivity contribution in [1.29, 1.82) is 0 Å². The van der Waals surface area contributed by atoms with Gasteiger partial charge in [-0.3, -0.25) is 0 Å². The van der Waals surface area contributed by atoms with Crippen molar-refractivity contribution in [2.45, 2.75) is 69.5 Å². The van der Waals surface area contributed by atoms with E-state index in [0.29, 0.717) is 12.0 Å². The lowest BCUT2D eigenvalue weighted by Gasteiger charge is -2.34. The predicted octanol–water partition coefficient (Wildman–Crippen LogP) is 1.95. The largest absolute Gasteiger partial charge is 0.339 e. The molecule has 1 aromatic rings. The second kappa shape index (κ2) is 5.82. The van der Waals surface area contributed by atoms with Crippen molar-refractivity contribution in [3.63, 3.8) is 0 Å². The highest BCUT2D eigenvalue weighted by molar-refractivity contribution is 5.05. The van der Waals surface area contributed by atoms with Crippen molar-refractivity contribution >= 4 is 0 Å². The fraction of sp³-hybridized carbons (Fsp3) is 0.867. The Kier molecular flexibility index (Phi) is 4.08. The number of aromatic nitrogens is 2. The minimum atomic E-state index is 0.490. The molecule has 0 amide bonds. The topological polar surface area (TPSA) is 54.2 Å². The van der Waals surface area contributed by atoms with Crippen LogP contribution in [0.4, 0.5) is 0 Å². The van der Waals surface area contributed by atoms with E-state index in [1.807, 2.05) is 7.05 Å². The molecule has 0 saturated carbocycles. The third-order valence-electron chi connectivity index (χ3n) is 5.23. The van der Waals surface area contributed by atoms with Crippen LogP contribution in [0.5, 0.6) is 0 Å². The zero-order valence-corrected chi connectivity index (χ0v) is 12.8. The van der Waals surface area contributed by atoms with Crippen LogP contribution in [0.25, 0.3) is 0 Å². The number of piperidine rings is 1. The van der Waals surface area contributed by atoms with Gasteiger partial charge in [0.05, 0.1) is 0 Å². The minimum Gasteiger partial charge on any atom is -0.339 e. The summed E-state index contributed by atoms with van der Waals surface area (Å²) in [6, 6.07) is 1.94. The molecule has 2 aliphatic rings. The van der Waals surface area contributed by atoms with Crippen LogP contribution in [-0.4, -0.2) is 47.3 Å². The molecule has 0 radical (unpaired) electrons. The first-order valence-corrected chi connectivity index (χ1v) is 7.89. The Morgan fingerprint density at radius 3 is 2.70 bits per heavy atom. The molecule has 0 spiro atoms. The second-order valence-corrected chi connectivity index (χ2v) is 6.49. The summed E-state index contributed by atoms with van der Waals surface area (Å²) in [6.07, 6.45) is 6.97. The SMILES string of the molecule is CNC(C)CCc1nc(C2CC3CCC(C2)N3C)no1. The summed E-state index contributed by atoms with van der Waals surface area (Å²) in [5, 5.41) is 7.47. The number of hydrogen-bond donors (Lipinski definition) is 1. The third kappa shape index (κ3) is 2.74. The second-order valence-electron chi connectivity index (χ2n) is 6.49. The molecule has 2 fully saturated rings. The molecule has 112 valence electrons. The van der Waals surface area contributed by atoms with E-state index in [9.17, 15) is 0 Å². The Morgan fingerprint density at radius 1 is 1.35 bits per heavy atom. The first-order chi connectivity index (χ1) is 9.67. The number of aryl methyl sites for hydroxylation is 1. The molecule has 5 heteroatoms. The lowest BCUT2D eigenvalue weighted by molar-refractivity contribution is 0.157. The fourth-order valence-corrected chi connectivity index (χ4v) is 3.64. The molecule has 2 saturated heterocycles. The molecule has 2 bridgehead atoms. The first kappa shape index (κ1) is 14.0. The monoisotopic (exact) mass is 278 g/mol. The van der Waals surface area contributed by atoms with Gasteiger partial charge in [0.25, 0.3) is 0 Å². The number of fused-ring (bicyclic) bond motifs is 2. The van der Waals surface area contributed by atoms with Crippen molar-refractivity contribution < 1.29 is 4.52 Å². The molecule has 5 nitrogen and oxygen atoms in total. The van der Waals surface area contributed by atoms with Crippen molar-refractivity contribution in [1.82, 2.24) is 20.4 Å². The van der Waals surface area contributed by atoms with Crippen LogP contribution >= 0.6 is 0 Å². The maximum Gasteiger partial charge on any atom is 0.226 e. The van der Waals surface area contributed by atoms with E-state index in [4.69, 9.17) is 4.52 Å². The smallest absolute Gasteiger partial charge is 0.226 e. The Labute approximate surface area is 121 Å². The number of nitrogens with one attached hydrogen (secondary N) is 1. The Hall–Kier alpha value is -0.940. The van der Waals surface area contributed by atoms with E-state index in [2.05, 4.69) is 34.3 Å². The summed E-state index contributed by atoms with van der Waals surface area (Å²) >= 11 is 0. The lowest BCUT2D eigenvalue weighted by Crippen LogP contribution is -2.39. The van der Waals surface area contributed by atoms with Gasteiger partial charge in [-0.25, -0.2) is 0 Å². The van der Waals surface area contributed by atoms with E-state index in [1.165, 1.54) is 25.7 Å². The zero-order chi connectivity index (χ0) is 14.1. The van der Waals surface area contributed by atoms with Gasteiger partial charge in [0, 0.05) is 30.5 Å². The van der Waals surface area contributed by atoms with Gasteiger partial charge in [-0.1, -0.05) is 5.16 Å². The van der Waals surface area contributed by atoms with E-state index in [0.717, 1.165) is 36.6 Å². The van der Waals surface area contributed by atoms with Gasteiger partial charge in [0.2, 0.25) is 5.89 Å². The molecule has 3 atom stereocenters. The predicted molar refractivity (Wildman–Crippen MR) is 77.7 cm³/mol. The van der Waals surface area contributed by atoms with Crippen LogP contribution in [0, 0.1) is 0 Å². The molecule has 3 heterocycles. The molecule has 2 aliphatic heterocycles. The summed E-state index contributed by atoms with van der Waals surface area (Å²) < 4.78 is 5.43. The average Bonchev–Trinajstić information content (AvgIpc) is 2.98. The third-order valence-corrected chi connectivity index (χ3v) is 5.23. The Morgan fingerprint density at radius 2 is 2.05 bits per heavy atom. The van der Waals surface area contributed by atoms with E-state index >= 15 is 0 Å². The van der Waals surface area contributed by atoms with Gasteiger partial charge in [-0.2, -0.15) is 4.98 Å². The van der Waals surface area contributed by atoms with Crippen molar-refractivity contribution in [2.24, 2.45) is 0 Å². The molecular weight excluding hydrogens is 252 g/mol. The molecular formula is C15H26N4O. The highest BCUT2D eigenvalue weighted by atomic mass is 16.5. The van der Waals surface area contributed by atoms with Crippen molar-refractivity contribution in [3.05, 3.63) is 11.7 Å². The molecule has 20 heavy (non-hydrogen) atoms. The fourth-order valence-electron chi connectivity index (χ4n) is 3.64. The summed E-state index contributed by atoms with van der Waals surface area (Å²) in [4.78, 5) is 7.19. The molecule has 1 aromatic heterocycles. The summed E-state index contributed by atoms with van der Waals surface area (Å²) in [6.45, 7) is 2.17. The Bertz CT molecular complexity index is 433. The first-order valence-electron chi connectivity index (χ1n) is 7.89. The van der Waals surface area contributed by atoms with Crippen molar-refractivity contribution in [3.8, 4) is 0 Å². The molecule has 3 unspecified atom stereocenters. The zero-order valence-electron chi connectivity index (χ0n) is 12.8. The number of nitrogens with zero attached hydrogens (tertiary/aromatic N) is 3. The van der Waals surface area contributed by atoms with Crippen LogP contribution in [0.15, 0.2) is 4.52 Å². The number of rotatable bonds is 5. The normalized spacial score (nSPS) is 31.6. The van der Waals surface area contributed by atoms with Crippen LogP contribution in [0.3, 0.4) is 0 Å². The van der Waals surface area contributed by atoms with Crippen LogP contribution in [0.1, 0.15) is 56.7 Å². The Balaban J connectivity index is 1.60. The standard InChI is InChI=1S/C15H26N4O/c1-10(16-2)4-7-14-17-15(18-20-14)11-8-12-5-6-13(9-11)19(12)3/h10-13,16H,4-9H2,1-3H3. The van der Waals surface area contributed by atoms with Gasteiger partial charge in [0.1, 0.15) is 0 Å². The lowest BCUT2D eigenvalue weighted by atomic mass is 9.90. The molecule has 0 aromatic carbocycles. The van der Waals surface area contributed by atoms with Gasteiger partial charge in [-0.05, 0) is 53.1 Å². The van der Waals surface area contributed by atoms with Crippen LogP contribution in [0.2, 0.25) is 0 Å². The molecule has 0 aliphatic carbocycles. The average molecular weight is 278 g/mol. The highest BCUT2D eigenvalue weighted by Crippen LogP contribution is 2.41. The van der Waals surface area contributed by atoms with Crippen molar-refractivity contribution in [2.75, 3.05) is 14.1 Å². The van der Waals surface area contributed by atoms with Crippen LogP contribution < -0.4 is 5.32 Å². The number of hydrogen-bond acceptors (Lipinski definition) is 5. The maximum atomic E-state index is 5.43. The molecule has 1 N–H and O–H groups in total. The van der Waals surface area contributed by atoms with E-state index < -0.39 is 0 Å². The van der Waals surface area contributed by atoms with Gasteiger partial charge >= 0.3 is 0 Å². The van der Waals surface area contributed by atoms with Gasteiger partial charge in [-0.15, -0.1) is 0 Å². The quantitative estimate of drug-likeness (QED) is 0.892. The van der Waals surface area contributed by atoms with Crippen LogP contribution in [-0.2, 0) is 6.42 Å². The summed E-state index contributed by atoms with van der Waals surface area (Å²) in [5.74, 6) is 2.25. The summed E-state index contributed by atoms with van der Waals surface area (Å²) in [5.41, 5.74) is 0. The van der Waals surface area contributed by atoms with E-state index in [-0.39, 0.29) is 0 Å². The highest BCUT2D eigenvalue weighted by Gasteiger charge is 2.40. The maximum absolute atomic E-state index is 5.43. The van der Waals surface area contributed by atoms with Gasteiger partial charge in [0.15, 0.2) is 5.82 Å².